The summed E-state index contributed by atoms with van der Waals surface area (Å²) in [6.07, 6.45) is 3.78. The predicted molar refractivity (Wildman–Crippen MR) is 75.6 cm³/mol. The molecule has 0 spiro atoms. The largest absolute Gasteiger partial charge is 0.387 e. The maximum absolute atomic E-state index is 10.3. The minimum atomic E-state index is -0.357. The Bertz CT molecular complexity index is 373. The van der Waals surface area contributed by atoms with E-state index in [4.69, 9.17) is 0 Å². The molecule has 1 aromatic rings. The first kappa shape index (κ1) is 13.6. The molecule has 18 heavy (non-hydrogen) atoms. The fraction of sp³-hybridized carbons (Fsp3) is 0.625. The smallest absolute Gasteiger partial charge is 0.0917 e. The summed E-state index contributed by atoms with van der Waals surface area (Å²) in [5, 5.41) is 10.3. The summed E-state index contributed by atoms with van der Waals surface area (Å²) in [5.41, 5.74) is 2.26. The van der Waals surface area contributed by atoms with Crippen LogP contribution in [0.1, 0.15) is 43.4 Å². The summed E-state index contributed by atoms with van der Waals surface area (Å²) >= 11 is 0. The highest BCUT2D eigenvalue weighted by Crippen LogP contribution is 2.27. The highest BCUT2D eigenvalue weighted by Gasteiger charge is 2.21. The number of aliphatic hydroxyl groups excluding tert-OH is 1. The SMILES string of the molecule is CCN(CC1CCC1)CC(O)c1cccc(C)c1. The number of hydrogen-bond donors (Lipinski definition) is 1. The third-order valence-corrected chi connectivity index (χ3v) is 4.05. The molecule has 2 nitrogen and oxygen atoms in total. The molecule has 0 radical (unpaired) electrons. The van der Waals surface area contributed by atoms with E-state index in [-0.39, 0.29) is 6.10 Å². The van der Waals surface area contributed by atoms with Crippen molar-refractivity contribution in [2.24, 2.45) is 5.92 Å². The van der Waals surface area contributed by atoms with E-state index in [1.165, 1.54) is 24.8 Å². The van der Waals surface area contributed by atoms with Crippen molar-refractivity contribution in [3.63, 3.8) is 0 Å². The molecule has 1 fully saturated rings. The Morgan fingerprint density at radius 1 is 1.39 bits per heavy atom. The molecule has 1 N–H and O–H groups in total. The molecule has 1 atom stereocenters. The number of benzene rings is 1. The first-order valence-electron chi connectivity index (χ1n) is 7.16. The number of nitrogens with zero attached hydrogens (tertiary/aromatic N) is 1. The van der Waals surface area contributed by atoms with Crippen LogP contribution in [0.25, 0.3) is 0 Å². The summed E-state index contributed by atoms with van der Waals surface area (Å²) in [7, 11) is 0. The van der Waals surface area contributed by atoms with Gasteiger partial charge in [0.15, 0.2) is 0 Å². The van der Waals surface area contributed by atoms with Gasteiger partial charge in [-0.05, 0) is 37.8 Å². The van der Waals surface area contributed by atoms with Gasteiger partial charge >= 0.3 is 0 Å². The normalized spacial score (nSPS) is 17.8. The first-order valence-corrected chi connectivity index (χ1v) is 7.16. The van der Waals surface area contributed by atoms with Crippen LogP contribution in [0, 0.1) is 12.8 Å². The number of likely N-dealkylation sites (N-methyl/N-ethyl adjacent to an activating group) is 1. The standard InChI is InChI=1S/C16H25NO/c1-3-17(11-14-7-5-8-14)12-16(18)15-9-4-6-13(2)10-15/h4,6,9-10,14,16,18H,3,5,7-8,11-12H2,1-2H3. The molecule has 1 saturated carbocycles. The highest BCUT2D eigenvalue weighted by atomic mass is 16.3. The molecule has 0 saturated heterocycles. The Hall–Kier alpha value is -0.860. The fourth-order valence-electron chi connectivity index (χ4n) is 2.60. The Labute approximate surface area is 111 Å². The van der Waals surface area contributed by atoms with Crippen LogP contribution in [0.15, 0.2) is 24.3 Å². The van der Waals surface area contributed by atoms with Crippen molar-refractivity contribution < 1.29 is 5.11 Å². The van der Waals surface area contributed by atoms with Crippen LogP contribution in [-0.2, 0) is 0 Å². The maximum atomic E-state index is 10.3. The minimum Gasteiger partial charge on any atom is -0.387 e. The van der Waals surface area contributed by atoms with Gasteiger partial charge in [-0.3, -0.25) is 0 Å². The van der Waals surface area contributed by atoms with E-state index >= 15 is 0 Å². The molecule has 1 aliphatic rings. The Kier molecular flexibility index (Phi) is 4.79. The molecule has 1 aliphatic carbocycles. The number of hydrogen-bond acceptors (Lipinski definition) is 2. The molecule has 1 unspecified atom stereocenters. The Morgan fingerprint density at radius 2 is 2.17 bits per heavy atom. The van der Waals surface area contributed by atoms with Crippen molar-refractivity contribution in [3.05, 3.63) is 35.4 Å². The van der Waals surface area contributed by atoms with E-state index in [1.54, 1.807) is 0 Å². The Morgan fingerprint density at radius 3 is 2.72 bits per heavy atom. The summed E-state index contributed by atoms with van der Waals surface area (Å²) in [6.45, 7) is 7.19. The molecular formula is C16H25NO. The molecule has 2 rings (SSSR count). The van der Waals surface area contributed by atoms with Gasteiger partial charge < -0.3 is 10.0 Å². The summed E-state index contributed by atoms with van der Waals surface area (Å²) in [4.78, 5) is 2.39. The van der Waals surface area contributed by atoms with Gasteiger partial charge in [-0.1, -0.05) is 43.2 Å². The molecule has 100 valence electrons. The minimum absolute atomic E-state index is 0.357. The van der Waals surface area contributed by atoms with Crippen LogP contribution in [0.5, 0.6) is 0 Å². The number of aliphatic hydroxyl groups is 1. The van der Waals surface area contributed by atoms with Crippen molar-refractivity contribution in [2.45, 2.75) is 39.2 Å². The summed E-state index contributed by atoms with van der Waals surface area (Å²) < 4.78 is 0. The molecule has 0 amide bonds. The Balaban J connectivity index is 1.89. The van der Waals surface area contributed by atoms with E-state index in [9.17, 15) is 5.11 Å². The zero-order valence-electron chi connectivity index (χ0n) is 11.6. The van der Waals surface area contributed by atoms with Crippen LogP contribution >= 0.6 is 0 Å². The summed E-state index contributed by atoms with van der Waals surface area (Å²) in [6, 6.07) is 8.20. The monoisotopic (exact) mass is 247 g/mol. The highest BCUT2D eigenvalue weighted by molar-refractivity contribution is 5.24. The average molecular weight is 247 g/mol. The van der Waals surface area contributed by atoms with Crippen LogP contribution in [0.4, 0.5) is 0 Å². The van der Waals surface area contributed by atoms with Gasteiger partial charge in [0.05, 0.1) is 6.10 Å². The molecule has 1 aromatic carbocycles. The fourth-order valence-corrected chi connectivity index (χ4v) is 2.60. The van der Waals surface area contributed by atoms with Crippen molar-refractivity contribution in [1.82, 2.24) is 4.90 Å². The molecule has 0 bridgehead atoms. The van der Waals surface area contributed by atoms with E-state index in [1.807, 2.05) is 12.1 Å². The van der Waals surface area contributed by atoms with Crippen LogP contribution in [-0.4, -0.2) is 29.6 Å². The van der Waals surface area contributed by atoms with E-state index in [0.29, 0.717) is 0 Å². The molecule has 0 aliphatic heterocycles. The second-order valence-electron chi connectivity index (χ2n) is 5.58. The lowest BCUT2D eigenvalue weighted by Gasteiger charge is -2.32. The van der Waals surface area contributed by atoms with Gasteiger partial charge in [0.1, 0.15) is 0 Å². The second kappa shape index (κ2) is 6.35. The lowest BCUT2D eigenvalue weighted by Crippen LogP contribution is -2.35. The van der Waals surface area contributed by atoms with Crippen LogP contribution in [0.3, 0.4) is 0 Å². The lowest BCUT2D eigenvalue weighted by atomic mass is 9.85. The summed E-state index contributed by atoms with van der Waals surface area (Å²) in [5.74, 6) is 0.870. The van der Waals surface area contributed by atoms with E-state index < -0.39 is 0 Å². The van der Waals surface area contributed by atoms with Gasteiger partial charge in [0, 0.05) is 13.1 Å². The first-order chi connectivity index (χ1) is 8.69. The predicted octanol–water partition coefficient (Wildman–Crippen LogP) is 3.15. The van der Waals surface area contributed by atoms with Crippen molar-refractivity contribution in [3.8, 4) is 0 Å². The van der Waals surface area contributed by atoms with Crippen molar-refractivity contribution in [2.75, 3.05) is 19.6 Å². The van der Waals surface area contributed by atoms with Gasteiger partial charge in [-0.15, -0.1) is 0 Å². The topological polar surface area (TPSA) is 23.5 Å². The van der Waals surface area contributed by atoms with Gasteiger partial charge in [-0.2, -0.15) is 0 Å². The van der Waals surface area contributed by atoms with Crippen molar-refractivity contribution >= 4 is 0 Å². The van der Waals surface area contributed by atoms with Gasteiger partial charge in [0.2, 0.25) is 0 Å². The number of aryl methyl sites for hydroxylation is 1. The molecule has 0 aromatic heterocycles. The van der Waals surface area contributed by atoms with E-state index in [0.717, 1.165) is 31.1 Å². The molecule has 0 heterocycles. The maximum Gasteiger partial charge on any atom is 0.0917 e. The van der Waals surface area contributed by atoms with Crippen molar-refractivity contribution in [1.29, 1.82) is 0 Å². The van der Waals surface area contributed by atoms with Crippen LogP contribution in [0.2, 0.25) is 0 Å². The zero-order chi connectivity index (χ0) is 13.0. The van der Waals surface area contributed by atoms with E-state index in [2.05, 4.69) is 30.9 Å². The third-order valence-electron chi connectivity index (χ3n) is 4.05. The van der Waals surface area contributed by atoms with Gasteiger partial charge in [0.25, 0.3) is 0 Å². The average Bonchev–Trinajstić information content (AvgIpc) is 2.31. The molecule has 2 heteroatoms. The lowest BCUT2D eigenvalue weighted by molar-refractivity contribution is 0.0941. The number of rotatable bonds is 6. The molecular weight excluding hydrogens is 222 g/mol. The quantitative estimate of drug-likeness (QED) is 0.834. The van der Waals surface area contributed by atoms with Gasteiger partial charge in [-0.25, -0.2) is 0 Å². The third kappa shape index (κ3) is 3.56. The van der Waals surface area contributed by atoms with Crippen LogP contribution < -0.4 is 0 Å². The second-order valence-corrected chi connectivity index (χ2v) is 5.58. The zero-order valence-corrected chi connectivity index (χ0v) is 11.6.